The topological polar surface area (TPSA) is 64.6 Å². The molecule has 0 radical (unpaired) electrons. The third kappa shape index (κ3) is 5.48. The Balaban J connectivity index is 1.84. The number of halogens is 1. The van der Waals surface area contributed by atoms with Crippen molar-refractivity contribution in [1.82, 2.24) is 15.5 Å². The zero-order valence-corrected chi connectivity index (χ0v) is 13.8. The van der Waals surface area contributed by atoms with E-state index in [0.717, 1.165) is 31.2 Å². The first-order valence-corrected chi connectivity index (χ1v) is 8.10. The molecule has 1 fully saturated rings. The van der Waals surface area contributed by atoms with E-state index < -0.39 is 0 Å². The predicted molar refractivity (Wildman–Crippen MR) is 87.6 cm³/mol. The second-order valence-corrected chi connectivity index (χ2v) is 6.39. The van der Waals surface area contributed by atoms with Crippen LogP contribution >= 0.6 is 0 Å². The van der Waals surface area contributed by atoms with E-state index in [1.165, 1.54) is 12.1 Å². The lowest BCUT2D eigenvalue weighted by molar-refractivity contribution is 0.117. The van der Waals surface area contributed by atoms with Gasteiger partial charge in [0.05, 0.1) is 12.1 Å². The Morgan fingerprint density at radius 1 is 1.26 bits per heavy atom. The van der Waals surface area contributed by atoms with Crippen molar-refractivity contribution in [3.8, 4) is 0 Å². The van der Waals surface area contributed by atoms with Crippen LogP contribution in [-0.2, 0) is 0 Å². The summed E-state index contributed by atoms with van der Waals surface area (Å²) in [6, 6.07) is 6.25. The van der Waals surface area contributed by atoms with Gasteiger partial charge < -0.3 is 20.6 Å². The molecule has 1 saturated carbocycles. The van der Waals surface area contributed by atoms with Crippen LogP contribution in [0.3, 0.4) is 0 Å². The van der Waals surface area contributed by atoms with E-state index in [-0.39, 0.29) is 30.0 Å². The van der Waals surface area contributed by atoms with Crippen LogP contribution in [0, 0.1) is 5.82 Å². The third-order valence-corrected chi connectivity index (χ3v) is 4.37. The molecule has 0 aromatic heterocycles. The zero-order chi connectivity index (χ0) is 16.8. The largest absolute Gasteiger partial charge is 0.393 e. The number of aliphatic hydroxyl groups excluding tert-OH is 1. The Kier molecular flexibility index (Phi) is 6.36. The summed E-state index contributed by atoms with van der Waals surface area (Å²) in [5, 5.41) is 15.3. The van der Waals surface area contributed by atoms with Gasteiger partial charge in [0.25, 0.3) is 0 Å². The molecule has 0 heterocycles. The molecule has 1 aromatic rings. The van der Waals surface area contributed by atoms with Gasteiger partial charge >= 0.3 is 6.03 Å². The highest BCUT2D eigenvalue weighted by atomic mass is 19.1. The molecule has 5 nitrogen and oxygen atoms in total. The first kappa shape index (κ1) is 17.7. The van der Waals surface area contributed by atoms with Crippen molar-refractivity contribution in [1.29, 1.82) is 0 Å². The number of rotatable bonds is 5. The van der Waals surface area contributed by atoms with Gasteiger partial charge in [0.15, 0.2) is 0 Å². The lowest BCUT2D eigenvalue weighted by atomic mass is 9.93. The van der Waals surface area contributed by atoms with Crippen molar-refractivity contribution in [3.63, 3.8) is 0 Å². The first-order chi connectivity index (χ1) is 11.0. The molecule has 1 atom stereocenters. The van der Waals surface area contributed by atoms with E-state index in [9.17, 15) is 14.3 Å². The monoisotopic (exact) mass is 323 g/mol. The first-order valence-electron chi connectivity index (χ1n) is 8.10. The van der Waals surface area contributed by atoms with Crippen LogP contribution < -0.4 is 10.6 Å². The maximum absolute atomic E-state index is 13.0. The van der Waals surface area contributed by atoms with Gasteiger partial charge in [-0.15, -0.1) is 0 Å². The quantitative estimate of drug-likeness (QED) is 0.777. The minimum atomic E-state index is -0.267. The molecule has 1 aliphatic carbocycles. The smallest absolute Gasteiger partial charge is 0.315 e. The zero-order valence-electron chi connectivity index (χ0n) is 13.8. The number of hydrogen-bond acceptors (Lipinski definition) is 3. The molecule has 23 heavy (non-hydrogen) atoms. The number of carbonyl (C=O) groups excluding carboxylic acids is 1. The fourth-order valence-electron chi connectivity index (χ4n) is 2.93. The van der Waals surface area contributed by atoms with E-state index in [1.54, 1.807) is 12.1 Å². The standard InChI is InChI=1S/C17H26FN3O2/c1-21(2)16(12-3-5-13(18)6-4-12)11-19-17(23)20-14-7-9-15(22)10-8-14/h3-6,14-16,22H,7-11H2,1-2H3,(H2,19,20,23). The van der Waals surface area contributed by atoms with Crippen LogP contribution in [0.4, 0.5) is 9.18 Å². The molecular weight excluding hydrogens is 297 g/mol. The van der Waals surface area contributed by atoms with Crippen molar-refractivity contribution in [2.24, 2.45) is 0 Å². The van der Waals surface area contributed by atoms with Crippen molar-refractivity contribution >= 4 is 6.03 Å². The van der Waals surface area contributed by atoms with Crippen molar-refractivity contribution in [3.05, 3.63) is 35.6 Å². The Hall–Kier alpha value is -1.66. The maximum Gasteiger partial charge on any atom is 0.315 e. The number of nitrogens with one attached hydrogen (secondary N) is 2. The summed E-state index contributed by atoms with van der Waals surface area (Å²) in [6.45, 7) is 0.444. The van der Waals surface area contributed by atoms with Crippen molar-refractivity contribution in [2.75, 3.05) is 20.6 Å². The molecule has 1 unspecified atom stereocenters. The van der Waals surface area contributed by atoms with E-state index in [0.29, 0.717) is 6.54 Å². The Morgan fingerprint density at radius 3 is 2.43 bits per heavy atom. The number of likely N-dealkylation sites (N-methyl/N-ethyl adjacent to an activating group) is 1. The molecule has 6 heteroatoms. The minimum absolute atomic E-state index is 0.0190. The molecule has 3 N–H and O–H groups in total. The Morgan fingerprint density at radius 2 is 1.87 bits per heavy atom. The third-order valence-electron chi connectivity index (χ3n) is 4.37. The molecular formula is C17H26FN3O2. The molecule has 0 aliphatic heterocycles. The van der Waals surface area contributed by atoms with Gasteiger partial charge in [0, 0.05) is 12.6 Å². The van der Waals surface area contributed by atoms with Gasteiger partial charge in [0.2, 0.25) is 0 Å². The summed E-state index contributed by atoms with van der Waals surface area (Å²) in [4.78, 5) is 14.0. The molecule has 0 saturated heterocycles. The van der Waals surface area contributed by atoms with Crippen LogP contribution in [0.5, 0.6) is 0 Å². The van der Waals surface area contributed by atoms with Gasteiger partial charge in [-0.1, -0.05) is 12.1 Å². The van der Waals surface area contributed by atoms with Gasteiger partial charge in [-0.25, -0.2) is 9.18 Å². The summed E-state index contributed by atoms with van der Waals surface area (Å²) in [5.41, 5.74) is 0.956. The van der Waals surface area contributed by atoms with Crippen molar-refractivity contribution < 1.29 is 14.3 Å². The van der Waals surface area contributed by atoms with Crippen LogP contribution in [0.1, 0.15) is 37.3 Å². The summed E-state index contributed by atoms with van der Waals surface area (Å²) in [5.74, 6) is -0.267. The van der Waals surface area contributed by atoms with Gasteiger partial charge in [-0.3, -0.25) is 0 Å². The second kappa shape index (κ2) is 8.26. The number of nitrogens with zero attached hydrogens (tertiary/aromatic N) is 1. The summed E-state index contributed by atoms with van der Waals surface area (Å²) >= 11 is 0. The fraction of sp³-hybridized carbons (Fsp3) is 0.588. The highest BCUT2D eigenvalue weighted by Crippen LogP contribution is 2.19. The van der Waals surface area contributed by atoms with E-state index in [1.807, 2.05) is 19.0 Å². The second-order valence-electron chi connectivity index (χ2n) is 6.39. The van der Waals surface area contributed by atoms with Crippen molar-refractivity contribution in [2.45, 2.75) is 43.9 Å². The number of carbonyl (C=O) groups is 1. The highest BCUT2D eigenvalue weighted by Gasteiger charge is 2.21. The Bertz CT molecular complexity index is 499. The lowest BCUT2D eigenvalue weighted by Gasteiger charge is -2.28. The lowest BCUT2D eigenvalue weighted by Crippen LogP contribution is -2.46. The number of aliphatic hydroxyl groups is 1. The number of benzene rings is 1. The summed E-state index contributed by atoms with van der Waals surface area (Å²) in [7, 11) is 3.85. The average molecular weight is 323 g/mol. The van der Waals surface area contributed by atoms with Crippen LogP contribution in [-0.4, -0.2) is 48.8 Å². The van der Waals surface area contributed by atoms with Gasteiger partial charge in [-0.2, -0.15) is 0 Å². The average Bonchev–Trinajstić information content (AvgIpc) is 2.51. The molecule has 1 aliphatic rings. The summed E-state index contributed by atoms with van der Waals surface area (Å²) in [6.07, 6.45) is 2.86. The summed E-state index contributed by atoms with van der Waals surface area (Å²) < 4.78 is 13.0. The number of hydrogen-bond donors (Lipinski definition) is 3. The number of urea groups is 1. The van der Waals surface area contributed by atoms with E-state index in [2.05, 4.69) is 10.6 Å². The van der Waals surface area contributed by atoms with E-state index in [4.69, 9.17) is 0 Å². The van der Waals surface area contributed by atoms with E-state index >= 15 is 0 Å². The molecule has 1 aromatic carbocycles. The fourth-order valence-corrected chi connectivity index (χ4v) is 2.93. The Labute approximate surface area is 136 Å². The SMILES string of the molecule is CN(C)C(CNC(=O)NC1CCC(O)CC1)c1ccc(F)cc1. The van der Waals surface area contributed by atoms with Gasteiger partial charge in [-0.05, 0) is 57.5 Å². The molecule has 2 rings (SSSR count). The highest BCUT2D eigenvalue weighted by molar-refractivity contribution is 5.74. The molecule has 2 amide bonds. The van der Waals surface area contributed by atoms with Crippen LogP contribution in [0.25, 0.3) is 0 Å². The van der Waals surface area contributed by atoms with Crippen LogP contribution in [0.2, 0.25) is 0 Å². The minimum Gasteiger partial charge on any atom is -0.393 e. The maximum atomic E-state index is 13.0. The number of amides is 2. The normalized spacial score (nSPS) is 22.7. The predicted octanol–water partition coefficient (Wildman–Crippen LogP) is 2.03. The molecule has 128 valence electrons. The van der Waals surface area contributed by atoms with Gasteiger partial charge in [0.1, 0.15) is 5.82 Å². The molecule has 0 spiro atoms. The molecule has 0 bridgehead atoms. The van der Waals surface area contributed by atoms with Crippen LogP contribution in [0.15, 0.2) is 24.3 Å².